The van der Waals surface area contributed by atoms with Gasteiger partial charge in [0.1, 0.15) is 0 Å². The molecule has 0 saturated heterocycles. The van der Waals surface area contributed by atoms with E-state index in [4.69, 9.17) is 0 Å². The molecule has 0 aromatic carbocycles. The Morgan fingerprint density at radius 3 is 2.12 bits per heavy atom. The summed E-state index contributed by atoms with van der Waals surface area (Å²) >= 11 is 0. The van der Waals surface area contributed by atoms with Gasteiger partial charge < -0.3 is 4.74 Å². The second kappa shape index (κ2) is 3.15. The SMILES string of the molecule is CC(=O)OC(=O)C[O]. The Kier molecular flexibility index (Phi) is 2.79. The zero-order valence-corrected chi connectivity index (χ0v) is 4.34. The second-order valence-electron chi connectivity index (χ2n) is 1.11. The second-order valence-corrected chi connectivity index (χ2v) is 1.11. The first-order chi connectivity index (χ1) is 3.66. The lowest BCUT2D eigenvalue weighted by Crippen LogP contribution is -2.11. The fraction of sp³-hybridized carbons (Fsp3) is 0.500. The van der Waals surface area contributed by atoms with E-state index < -0.39 is 18.5 Å². The molecule has 0 aliphatic carbocycles. The number of hydrogen-bond donors (Lipinski definition) is 0. The predicted octanol–water partition coefficient (Wildman–Crippen LogP) is -0.493. The molecule has 0 fully saturated rings. The standard InChI is InChI=1S/C4H5O4/c1-3(6)8-4(7)2-5/h2H2,1H3. The molecule has 0 amide bonds. The zero-order chi connectivity index (χ0) is 6.57. The van der Waals surface area contributed by atoms with Gasteiger partial charge >= 0.3 is 11.9 Å². The van der Waals surface area contributed by atoms with Gasteiger partial charge in [-0.15, -0.1) is 0 Å². The molecule has 0 unspecified atom stereocenters. The molecule has 0 aromatic rings. The summed E-state index contributed by atoms with van der Waals surface area (Å²) in [6.45, 7) is 0.0626. The number of esters is 2. The molecule has 0 spiro atoms. The summed E-state index contributed by atoms with van der Waals surface area (Å²) in [7, 11) is 0. The molecule has 0 heterocycles. The van der Waals surface area contributed by atoms with Gasteiger partial charge in [0.15, 0.2) is 6.61 Å². The highest BCUT2D eigenvalue weighted by Gasteiger charge is 2.02. The van der Waals surface area contributed by atoms with Gasteiger partial charge in [-0.3, -0.25) is 4.79 Å². The van der Waals surface area contributed by atoms with Crippen LogP contribution in [0.3, 0.4) is 0 Å². The van der Waals surface area contributed by atoms with Crippen LogP contribution in [0, 0.1) is 0 Å². The maximum Gasteiger partial charge on any atom is 0.343 e. The molecule has 45 valence electrons. The average Bonchev–Trinajstić information content (AvgIpc) is 1.65. The van der Waals surface area contributed by atoms with Crippen molar-refractivity contribution in [3.8, 4) is 0 Å². The molecule has 0 saturated carbocycles. The molecule has 0 aliphatic rings. The third-order valence-corrected chi connectivity index (χ3v) is 0.375. The van der Waals surface area contributed by atoms with Crippen LogP contribution in [0.25, 0.3) is 0 Å². The normalized spacial score (nSPS) is 8.25. The quantitative estimate of drug-likeness (QED) is 0.343. The molecular formula is C4H5O4. The van der Waals surface area contributed by atoms with Gasteiger partial charge in [0.05, 0.1) is 0 Å². The summed E-state index contributed by atoms with van der Waals surface area (Å²) < 4.78 is 3.81. The van der Waals surface area contributed by atoms with E-state index in [-0.39, 0.29) is 0 Å². The van der Waals surface area contributed by atoms with Crippen LogP contribution >= 0.6 is 0 Å². The van der Waals surface area contributed by atoms with Crippen molar-refractivity contribution in [3.05, 3.63) is 0 Å². The van der Waals surface area contributed by atoms with Crippen LogP contribution in [0.1, 0.15) is 6.92 Å². The molecule has 4 nitrogen and oxygen atoms in total. The minimum Gasteiger partial charge on any atom is -0.392 e. The Hall–Kier alpha value is -0.900. The smallest absolute Gasteiger partial charge is 0.343 e. The molecule has 1 radical (unpaired) electrons. The number of carbonyl (C=O) groups excluding carboxylic acids is 2. The molecule has 0 N–H and O–H groups in total. The molecule has 8 heavy (non-hydrogen) atoms. The maximum absolute atomic E-state index is 9.87. The van der Waals surface area contributed by atoms with Crippen molar-refractivity contribution in [3.63, 3.8) is 0 Å². The Morgan fingerprint density at radius 2 is 2.00 bits per heavy atom. The minimum atomic E-state index is -1.03. The summed E-state index contributed by atoms with van der Waals surface area (Å²) in [5.41, 5.74) is 0. The highest BCUT2D eigenvalue weighted by molar-refractivity contribution is 5.84. The van der Waals surface area contributed by atoms with Crippen molar-refractivity contribution in [2.75, 3.05) is 6.61 Å². The first-order valence-electron chi connectivity index (χ1n) is 1.96. The highest BCUT2D eigenvalue weighted by Crippen LogP contribution is 1.75. The van der Waals surface area contributed by atoms with Crippen LogP contribution in [-0.4, -0.2) is 18.5 Å². The first-order valence-corrected chi connectivity index (χ1v) is 1.96. The Balaban J connectivity index is 3.40. The Morgan fingerprint density at radius 1 is 1.50 bits per heavy atom. The monoisotopic (exact) mass is 117 g/mol. The third-order valence-electron chi connectivity index (χ3n) is 0.375. The third kappa shape index (κ3) is 3.30. The van der Waals surface area contributed by atoms with E-state index in [1.165, 1.54) is 0 Å². The van der Waals surface area contributed by atoms with E-state index in [1.807, 2.05) is 0 Å². The van der Waals surface area contributed by atoms with Gasteiger partial charge in [0, 0.05) is 6.92 Å². The lowest BCUT2D eigenvalue weighted by Gasteiger charge is -1.90. The molecule has 0 rings (SSSR count). The Bertz CT molecular complexity index is 107. The molecule has 0 bridgehead atoms. The summed E-state index contributed by atoms with van der Waals surface area (Å²) in [6.07, 6.45) is 0. The lowest BCUT2D eigenvalue weighted by atomic mass is 10.7. The summed E-state index contributed by atoms with van der Waals surface area (Å²) in [6, 6.07) is 0. The van der Waals surface area contributed by atoms with E-state index in [0.717, 1.165) is 6.92 Å². The first kappa shape index (κ1) is 7.10. The van der Waals surface area contributed by atoms with Crippen molar-refractivity contribution in [2.24, 2.45) is 0 Å². The van der Waals surface area contributed by atoms with Crippen molar-refractivity contribution < 1.29 is 19.4 Å². The van der Waals surface area contributed by atoms with Gasteiger partial charge in [-0.2, -0.15) is 0 Å². The van der Waals surface area contributed by atoms with Crippen molar-refractivity contribution in [1.82, 2.24) is 0 Å². The van der Waals surface area contributed by atoms with Crippen LogP contribution < -0.4 is 0 Å². The largest absolute Gasteiger partial charge is 0.392 e. The van der Waals surface area contributed by atoms with Crippen molar-refractivity contribution in [1.29, 1.82) is 0 Å². The summed E-state index contributed by atoms with van der Waals surface area (Å²) in [5, 5.41) is 9.54. The van der Waals surface area contributed by atoms with Gasteiger partial charge in [0.2, 0.25) is 0 Å². The molecular weight excluding hydrogens is 112 g/mol. The van der Waals surface area contributed by atoms with Crippen LogP contribution in [0.15, 0.2) is 0 Å². The van der Waals surface area contributed by atoms with E-state index in [2.05, 4.69) is 4.74 Å². The molecule has 4 heteroatoms. The Labute approximate surface area is 46.1 Å². The van der Waals surface area contributed by atoms with Crippen molar-refractivity contribution >= 4 is 11.9 Å². The van der Waals surface area contributed by atoms with E-state index >= 15 is 0 Å². The van der Waals surface area contributed by atoms with Crippen LogP contribution in [0.4, 0.5) is 0 Å². The fourth-order valence-corrected chi connectivity index (χ4v) is 0.190. The molecule has 0 aliphatic heterocycles. The van der Waals surface area contributed by atoms with E-state index in [9.17, 15) is 14.7 Å². The number of hydrogen-bond acceptors (Lipinski definition) is 3. The van der Waals surface area contributed by atoms with Gasteiger partial charge in [-0.1, -0.05) is 0 Å². The van der Waals surface area contributed by atoms with Crippen LogP contribution in [0.5, 0.6) is 0 Å². The number of carbonyl (C=O) groups is 2. The van der Waals surface area contributed by atoms with Crippen molar-refractivity contribution in [2.45, 2.75) is 6.92 Å². The van der Waals surface area contributed by atoms with Gasteiger partial charge in [0.25, 0.3) is 0 Å². The predicted molar refractivity (Wildman–Crippen MR) is 22.3 cm³/mol. The van der Waals surface area contributed by atoms with E-state index in [1.54, 1.807) is 0 Å². The average molecular weight is 117 g/mol. The molecule has 0 atom stereocenters. The van der Waals surface area contributed by atoms with Crippen LogP contribution in [0.2, 0.25) is 0 Å². The fourth-order valence-electron chi connectivity index (χ4n) is 0.190. The maximum atomic E-state index is 9.87. The minimum absolute atomic E-state index is 0.745. The van der Waals surface area contributed by atoms with Gasteiger partial charge in [-0.25, -0.2) is 9.90 Å². The van der Waals surface area contributed by atoms with Crippen LogP contribution in [-0.2, 0) is 19.4 Å². The number of ether oxygens (including phenoxy) is 1. The summed E-state index contributed by atoms with van der Waals surface area (Å²) in [4.78, 5) is 19.7. The number of rotatable bonds is 1. The van der Waals surface area contributed by atoms with Gasteiger partial charge in [-0.05, 0) is 0 Å². The molecule has 0 aromatic heterocycles. The lowest BCUT2D eigenvalue weighted by molar-refractivity contribution is -0.161. The zero-order valence-electron chi connectivity index (χ0n) is 4.34. The highest BCUT2D eigenvalue weighted by atomic mass is 16.6. The summed E-state index contributed by atoms with van der Waals surface area (Å²) in [5.74, 6) is -1.77. The van der Waals surface area contributed by atoms with E-state index in [0.29, 0.717) is 0 Å². The topological polar surface area (TPSA) is 63.3 Å².